The molecule has 0 aromatic rings. The number of hydrogen-bond donors (Lipinski definition) is 0. The average Bonchev–Trinajstić information content (AvgIpc) is 2.34. The van der Waals surface area contributed by atoms with E-state index in [0.717, 1.165) is 12.5 Å². The molecule has 1 spiro atoms. The quantitative estimate of drug-likeness (QED) is 0.621. The first-order chi connectivity index (χ1) is 8.61. The van der Waals surface area contributed by atoms with Gasteiger partial charge in [0.2, 0.25) is 0 Å². The Balaban J connectivity index is 2.30. The first-order valence-corrected chi connectivity index (χ1v) is 7.82. The molecule has 102 valence electrons. The molecule has 0 bridgehead atoms. The third-order valence-corrected chi connectivity index (χ3v) is 5.33. The molecule has 3 atom stereocenters. The zero-order valence-corrected chi connectivity index (χ0v) is 12.6. The Kier molecular flexibility index (Phi) is 4.29. The van der Waals surface area contributed by atoms with Crippen molar-refractivity contribution in [2.75, 3.05) is 6.54 Å². The Bertz CT molecular complexity index is 353. The van der Waals surface area contributed by atoms with Crippen LogP contribution in [0.4, 0.5) is 0 Å². The molecule has 0 amide bonds. The van der Waals surface area contributed by atoms with Gasteiger partial charge in [-0.25, -0.2) is 0 Å². The van der Waals surface area contributed by atoms with Crippen LogP contribution in [0.3, 0.4) is 0 Å². The van der Waals surface area contributed by atoms with E-state index >= 15 is 0 Å². The van der Waals surface area contributed by atoms with Gasteiger partial charge in [-0.05, 0) is 50.9 Å². The molecule has 1 nitrogen and oxygen atoms in total. The molecule has 2 rings (SSSR count). The molecule has 0 fully saturated rings. The first-order valence-electron chi connectivity index (χ1n) is 7.82. The summed E-state index contributed by atoms with van der Waals surface area (Å²) >= 11 is 0. The molecule has 1 heteroatoms. The topological polar surface area (TPSA) is 12.4 Å². The van der Waals surface area contributed by atoms with Crippen LogP contribution in [0.2, 0.25) is 0 Å². The normalized spacial score (nSPS) is 36.4. The van der Waals surface area contributed by atoms with Crippen LogP contribution in [0, 0.1) is 17.3 Å². The summed E-state index contributed by atoms with van der Waals surface area (Å²) in [5.41, 5.74) is 3.53. The monoisotopic (exact) mass is 247 g/mol. The van der Waals surface area contributed by atoms with Gasteiger partial charge in [-0.2, -0.15) is 0 Å². The Hall–Kier alpha value is -0.590. The van der Waals surface area contributed by atoms with Crippen molar-refractivity contribution in [2.24, 2.45) is 22.2 Å². The Morgan fingerprint density at radius 2 is 2.17 bits per heavy atom. The molecular weight excluding hydrogens is 218 g/mol. The number of nitrogens with zero attached hydrogens (tertiary/aromatic N) is 1. The molecule has 1 aliphatic heterocycles. The lowest BCUT2D eigenvalue weighted by Crippen LogP contribution is -2.46. The predicted octanol–water partition coefficient (Wildman–Crippen LogP) is 5.02. The molecular formula is C17H29N. The summed E-state index contributed by atoms with van der Waals surface area (Å²) in [7, 11) is 0. The Labute approximate surface area is 113 Å². The minimum atomic E-state index is 0.396. The van der Waals surface area contributed by atoms with Crippen LogP contribution in [0.1, 0.15) is 66.2 Å². The van der Waals surface area contributed by atoms with Crippen molar-refractivity contribution >= 4 is 5.71 Å². The second kappa shape index (κ2) is 5.59. The fourth-order valence-electron chi connectivity index (χ4n) is 4.13. The van der Waals surface area contributed by atoms with Gasteiger partial charge >= 0.3 is 0 Å². The first kappa shape index (κ1) is 13.8. The maximum Gasteiger partial charge on any atom is 0.0391 e. The minimum absolute atomic E-state index is 0.396. The van der Waals surface area contributed by atoms with Crippen LogP contribution in [0.25, 0.3) is 0 Å². The number of aliphatic imine (C=N–C) groups is 1. The van der Waals surface area contributed by atoms with Crippen LogP contribution in [0.15, 0.2) is 16.6 Å². The summed E-state index contributed by atoms with van der Waals surface area (Å²) in [5.74, 6) is 1.48. The molecule has 0 aromatic carbocycles. The Morgan fingerprint density at radius 1 is 1.39 bits per heavy atom. The van der Waals surface area contributed by atoms with Crippen molar-refractivity contribution in [3.8, 4) is 0 Å². The van der Waals surface area contributed by atoms with Crippen molar-refractivity contribution in [2.45, 2.75) is 66.2 Å². The van der Waals surface area contributed by atoms with Gasteiger partial charge in [-0.3, -0.25) is 4.99 Å². The van der Waals surface area contributed by atoms with Crippen molar-refractivity contribution in [1.82, 2.24) is 0 Å². The van der Waals surface area contributed by atoms with Gasteiger partial charge < -0.3 is 0 Å². The lowest BCUT2D eigenvalue weighted by atomic mass is 9.57. The smallest absolute Gasteiger partial charge is 0.0391 e. The molecule has 0 saturated heterocycles. The molecule has 0 saturated carbocycles. The summed E-state index contributed by atoms with van der Waals surface area (Å²) in [4.78, 5) is 4.96. The van der Waals surface area contributed by atoms with Crippen LogP contribution in [-0.2, 0) is 0 Å². The zero-order chi connectivity index (χ0) is 13.2. The van der Waals surface area contributed by atoms with Crippen molar-refractivity contribution in [1.29, 1.82) is 0 Å². The zero-order valence-electron chi connectivity index (χ0n) is 12.6. The fraction of sp³-hybridized carbons (Fsp3) is 0.824. The molecule has 0 N–H and O–H groups in total. The highest BCUT2D eigenvalue weighted by Gasteiger charge is 2.46. The van der Waals surface area contributed by atoms with E-state index < -0.39 is 0 Å². The number of hydrogen-bond acceptors (Lipinski definition) is 1. The predicted molar refractivity (Wildman–Crippen MR) is 80.2 cm³/mol. The van der Waals surface area contributed by atoms with Gasteiger partial charge in [0.1, 0.15) is 0 Å². The third-order valence-electron chi connectivity index (χ3n) is 5.33. The summed E-state index contributed by atoms with van der Waals surface area (Å²) < 4.78 is 0. The number of unbranched alkanes of at least 4 members (excludes halogenated alkanes) is 1. The van der Waals surface area contributed by atoms with E-state index in [1.807, 2.05) is 0 Å². The van der Waals surface area contributed by atoms with Crippen molar-refractivity contribution in [3.05, 3.63) is 11.6 Å². The Morgan fingerprint density at radius 3 is 2.83 bits per heavy atom. The van der Waals surface area contributed by atoms with Gasteiger partial charge in [0.15, 0.2) is 0 Å². The standard InChI is InChI=1S/C17H29N/c1-5-6-7-16-17(14(3)9-11-18-16)10-8-13(2)12-15(17)4/h12,14-15H,5-11H2,1-4H3/t14-,15-,17-/m1/s1. The second-order valence-corrected chi connectivity index (χ2v) is 6.46. The van der Waals surface area contributed by atoms with E-state index in [1.165, 1.54) is 38.5 Å². The molecule has 2 aliphatic rings. The third kappa shape index (κ3) is 2.29. The van der Waals surface area contributed by atoms with E-state index in [4.69, 9.17) is 4.99 Å². The van der Waals surface area contributed by atoms with Crippen LogP contribution in [-0.4, -0.2) is 12.3 Å². The summed E-state index contributed by atoms with van der Waals surface area (Å²) in [6.07, 6.45) is 10.2. The molecule has 0 unspecified atom stereocenters. The lowest BCUT2D eigenvalue weighted by Gasteiger charge is -2.49. The van der Waals surface area contributed by atoms with Crippen molar-refractivity contribution in [3.63, 3.8) is 0 Å². The molecule has 0 aromatic heterocycles. The molecule has 0 radical (unpaired) electrons. The lowest BCUT2D eigenvalue weighted by molar-refractivity contribution is 0.163. The summed E-state index contributed by atoms with van der Waals surface area (Å²) in [5, 5.41) is 0. The maximum atomic E-state index is 4.96. The average molecular weight is 247 g/mol. The van der Waals surface area contributed by atoms with Crippen molar-refractivity contribution < 1.29 is 0 Å². The van der Waals surface area contributed by atoms with E-state index in [1.54, 1.807) is 11.3 Å². The van der Waals surface area contributed by atoms with Crippen LogP contribution >= 0.6 is 0 Å². The summed E-state index contributed by atoms with van der Waals surface area (Å²) in [6, 6.07) is 0. The van der Waals surface area contributed by atoms with E-state index in [0.29, 0.717) is 11.3 Å². The van der Waals surface area contributed by atoms with E-state index in [2.05, 4.69) is 33.8 Å². The number of rotatable bonds is 3. The highest BCUT2D eigenvalue weighted by Crippen LogP contribution is 2.50. The van der Waals surface area contributed by atoms with Gasteiger partial charge in [0.25, 0.3) is 0 Å². The van der Waals surface area contributed by atoms with Gasteiger partial charge in [0.05, 0.1) is 0 Å². The molecule has 18 heavy (non-hydrogen) atoms. The van der Waals surface area contributed by atoms with Crippen LogP contribution in [0.5, 0.6) is 0 Å². The summed E-state index contributed by atoms with van der Waals surface area (Å²) in [6.45, 7) is 10.5. The SMILES string of the molecule is CCCCC1=NCC[C@@H](C)[C@@]12CCC(C)=C[C@H]2C. The van der Waals surface area contributed by atoms with Gasteiger partial charge in [-0.15, -0.1) is 0 Å². The largest absolute Gasteiger partial charge is 0.294 e. The highest BCUT2D eigenvalue weighted by molar-refractivity contribution is 5.91. The maximum absolute atomic E-state index is 4.96. The van der Waals surface area contributed by atoms with Crippen LogP contribution < -0.4 is 0 Å². The van der Waals surface area contributed by atoms with E-state index in [9.17, 15) is 0 Å². The molecule has 1 heterocycles. The molecule has 1 aliphatic carbocycles. The number of allylic oxidation sites excluding steroid dienone is 2. The fourth-order valence-corrected chi connectivity index (χ4v) is 4.13. The van der Waals surface area contributed by atoms with Gasteiger partial charge in [-0.1, -0.05) is 38.8 Å². The van der Waals surface area contributed by atoms with Gasteiger partial charge in [0, 0.05) is 17.7 Å². The minimum Gasteiger partial charge on any atom is -0.294 e. The highest BCUT2D eigenvalue weighted by atomic mass is 14.8. The van der Waals surface area contributed by atoms with E-state index in [-0.39, 0.29) is 0 Å². The second-order valence-electron chi connectivity index (χ2n) is 6.46.